The minimum absolute atomic E-state index is 0.249. The lowest BCUT2D eigenvalue weighted by molar-refractivity contribution is -0.123. The monoisotopic (exact) mass is 437 g/mol. The van der Waals surface area contributed by atoms with Crippen molar-refractivity contribution >= 4 is 29.1 Å². The van der Waals surface area contributed by atoms with Gasteiger partial charge in [0.05, 0.1) is 25.6 Å². The number of ether oxygens (including phenoxy) is 2. The first-order valence-electron chi connectivity index (χ1n) is 10.1. The number of imide groups is 1. The van der Waals surface area contributed by atoms with E-state index in [4.69, 9.17) is 9.47 Å². The molecule has 1 saturated heterocycles. The van der Waals surface area contributed by atoms with Crippen LogP contribution < -0.4 is 19.7 Å². The van der Waals surface area contributed by atoms with Gasteiger partial charge >= 0.3 is 0 Å². The largest absolute Gasteiger partial charge is 0.497 e. The summed E-state index contributed by atoms with van der Waals surface area (Å²) in [7, 11) is 3.01. The van der Waals surface area contributed by atoms with Crippen LogP contribution in [0.4, 0.5) is 11.4 Å². The molecule has 2 heterocycles. The molecule has 3 amide bonds. The predicted molar refractivity (Wildman–Crippen MR) is 116 cm³/mol. The van der Waals surface area contributed by atoms with Crippen molar-refractivity contribution < 1.29 is 23.9 Å². The molecule has 166 valence electrons. The minimum atomic E-state index is -0.961. The van der Waals surface area contributed by atoms with Gasteiger partial charge in [-0.2, -0.15) is 5.11 Å². The van der Waals surface area contributed by atoms with Crippen molar-refractivity contribution in [3.8, 4) is 11.5 Å². The summed E-state index contributed by atoms with van der Waals surface area (Å²) in [6.45, 7) is 1.78. The third-order valence-electron chi connectivity index (χ3n) is 5.45. The molecule has 10 heteroatoms. The van der Waals surface area contributed by atoms with Crippen LogP contribution in [0.5, 0.6) is 11.5 Å². The van der Waals surface area contributed by atoms with Crippen LogP contribution in [0.1, 0.15) is 12.5 Å². The predicted octanol–water partition coefficient (Wildman–Crippen LogP) is 2.20. The Hall–Kier alpha value is -3.95. The van der Waals surface area contributed by atoms with E-state index < -0.39 is 29.8 Å². The number of aryl methyl sites for hydroxylation is 1. The molecule has 1 fully saturated rings. The molecule has 10 nitrogen and oxygen atoms in total. The Bertz CT molecular complexity index is 1080. The smallest absolute Gasteiger partial charge is 0.263 e. The first kappa shape index (κ1) is 21.3. The topological polar surface area (TPSA) is 113 Å². The van der Waals surface area contributed by atoms with Crippen molar-refractivity contribution in [1.82, 2.24) is 5.01 Å². The number of carbonyl (C=O) groups is 3. The average molecular weight is 437 g/mol. The summed E-state index contributed by atoms with van der Waals surface area (Å²) in [4.78, 5) is 39.6. The number of hydrogen-bond donors (Lipinski definition) is 1. The number of amides is 3. The fraction of sp³-hybridized carbons (Fsp3) is 0.318. The van der Waals surface area contributed by atoms with Crippen LogP contribution >= 0.6 is 0 Å². The number of carbonyl (C=O) groups excluding carboxylic acids is 3. The van der Waals surface area contributed by atoms with Crippen LogP contribution in [-0.4, -0.2) is 55.6 Å². The van der Waals surface area contributed by atoms with Crippen LogP contribution in [0, 0.1) is 0 Å². The standard InChI is InChI=1S/C22H23N5O5/c1-4-13-5-7-14(8-6-13)27-21(29)19-20(22(27)30)26(25-24-19)12-18(28)23-16-10-9-15(31-2)11-17(16)32-3/h5-11,19-20H,4,12H2,1-3H3,(H,23,28)/t19-,20-/m0/s1. The van der Waals surface area contributed by atoms with Gasteiger partial charge < -0.3 is 14.8 Å². The lowest BCUT2D eigenvalue weighted by Gasteiger charge is -2.20. The molecule has 2 aliphatic heterocycles. The van der Waals surface area contributed by atoms with E-state index in [-0.39, 0.29) is 6.54 Å². The summed E-state index contributed by atoms with van der Waals surface area (Å²) in [6.07, 6.45) is 0.851. The van der Waals surface area contributed by atoms with Gasteiger partial charge in [0.25, 0.3) is 11.8 Å². The van der Waals surface area contributed by atoms with Gasteiger partial charge in [0.2, 0.25) is 5.91 Å². The van der Waals surface area contributed by atoms with E-state index in [1.54, 1.807) is 30.3 Å². The third-order valence-corrected chi connectivity index (χ3v) is 5.45. The highest BCUT2D eigenvalue weighted by molar-refractivity contribution is 6.25. The van der Waals surface area contributed by atoms with Crippen molar-refractivity contribution in [1.29, 1.82) is 0 Å². The van der Waals surface area contributed by atoms with E-state index in [0.717, 1.165) is 16.9 Å². The van der Waals surface area contributed by atoms with Gasteiger partial charge in [-0.25, -0.2) is 4.90 Å². The van der Waals surface area contributed by atoms with Crippen molar-refractivity contribution in [3.63, 3.8) is 0 Å². The molecule has 1 N–H and O–H groups in total. The highest BCUT2D eigenvalue weighted by atomic mass is 16.5. The highest BCUT2D eigenvalue weighted by Crippen LogP contribution is 2.32. The first-order valence-corrected chi connectivity index (χ1v) is 10.1. The zero-order valence-corrected chi connectivity index (χ0v) is 17.9. The molecule has 0 aliphatic carbocycles. The van der Waals surface area contributed by atoms with E-state index in [9.17, 15) is 14.4 Å². The second-order valence-electron chi connectivity index (χ2n) is 7.34. The SMILES string of the molecule is CCc1ccc(N2C(=O)[C@H]3N=NN(CC(=O)Nc4ccc(OC)cc4OC)[C@@H]3C2=O)cc1. The van der Waals surface area contributed by atoms with E-state index in [1.165, 1.54) is 19.2 Å². The van der Waals surface area contributed by atoms with Gasteiger partial charge in [-0.3, -0.25) is 19.4 Å². The van der Waals surface area contributed by atoms with Gasteiger partial charge in [-0.1, -0.05) is 24.3 Å². The normalized spacial score (nSPS) is 19.3. The van der Waals surface area contributed by atoms with Crippen molar-refractivity contribution in [3.05, 3.63) is 48.0 Å². The summed E-state index contributed by atoms with van der Waals surface area (Å²) < 4.78 is 10.4. The van der Waals surface area contributed by atoms with Crippen molar-refractivity contribution in [2.24, 2.45) is 10.3 Å². The molecule has 2 aromatic rings. The second-order valence-corrected chi connectivity index (χ2v) is 7.34. The van der Waals surface area contributed by atoms with Gasteiger partial charge in [-0.15, -0.1) is 0 Å². The van der Waals surface area contributed by atoms with E-state index in [1.807, 2.05) is 19.1 Å². The van der Waals surface area contributed by atoms with Crippen LogP contribution in [0.15, 0.2) is 52.8 Å². The fourth-order valence-corrected chi connectivity index (χ4v) is 3.73. The Morgan fingerprint density at radius 3 is 2.47 bits per heavy atom. The maximum absolute atomic E-state index is 13.1. The Morgan fingerprint density at radius 2 is 1.81 bits per heavy atom. The minimum Gasteiger partial charge on any atom is -0.497 e. The average Bonchev–Trinajstić information content (AvgIpc) is 3.33. The number of nitrogens with one attached hydrogen (secondary N) is 1. The molecule has 2 aliphatic rings. The second kappa shape index (κ2) is 8.66. The summed E-state index contributed by atoms with van der Waals surface area (Å²) in [6, 6.07) is 10.3. The van der Waals surface area contributed by atoms with Crippen LogP contribution in [0.2, 0.25) is 0 Å². The molecule has 0 bridgehead atoms. The molecule has 0 spiro atoms. The Morgan fingerprint density at radius 1 is 1.06 bits per heavy atom. The molecule has 2 atom stereocenters. The fourth-order valence-electron chi connectivity index (χ4n) is 3.73. The van der Waals surface area contributed by atoms with E-state index >= 15 is 0 Å². The molecular formula is C22H23N5O5. The zero-order chi connectivity index (χ0) is 22.8. The number of anilines is 2. The number of methoxy groups -OCH3 is 2. The molecule has 2 aromatic carbocycles. The lowest BCUT2D eigenvalue weighted by Crippen LogP contribution is -2.43. The number of fused-ring (bicyclic) bond motifs is 1. The van der Waals surface area contributed by atoms with Gasteiger partial charge in [0, 0.05) is 6.07 Å². The van der Waals surface area contributed by atoms with Crippen LogP contribution in [0.25, 0.3) is 0 Å². The van der Waals surface area contributed by atoms with Crippen molar-refractivity contribution in [2.75, 3.05) is 31.0 Å². The maximum atomic E-state index is 13.1. The van der Waals surface area contributed by atoms with Crippen LogP contribution in [-0.2, 0) is 20.8 Å². The summed E-state index contributed by atoms with van der Waals surface area (Å²) in [5, 5.41) is 11.8. The third kappa shape index (κ3) is 3.75. The highest BCUT2D eigenvalue weighted by Gasteiger charge is 2.55. The quantitative estimate of drug-likeness (QED) is 0.665. The maximum Gasteiger partial charge on any atom is 0.263 e. The zero-order valence-electron chi connectivity index (χ0n) is 17.9. The molecule has 0 aromatic heterocycles. The van der Waals surface area contributed by atoms with Gasteiger partial charge in [0.15, 0.2) is 12.1 Å². The van der Waals surface area contributed by atoms with Gasteiger partial charge in [-0.05, 0) is 36.2 Å². The van der Waals surface area contributed by atoms with Crippen molar-refractivity contribution in [2.45, 2.75) is 25.4 Å². The lowest BCUT2D eigenvalue weighted by atomic mass is 10.1. The molecule has 4 rings (SSSR count). The Balaban J connectivity index is 1.47. The first-order chi connectivity index (χ1) is 15.5. The van der Waals surface area contributed by atoms with E-state index in [0.29, 0.717) is 22.9 Å². The number of benzene rings is 2. The summed E-state index contributed by atoms with van der Waals surface area (Å²) in [5.41, 5.74) is 2.02. The molecule has 32 heavy (non-hydrogen) atoms. The summed E-state index contributed by atoms with van der Waals surface area (Å²) >= 11 is 0. The van der Waals surface area contributed by atoms with E-state index in [2.05, 4.69) is 15.7 Å². The Kier molecular flexibility index (Phi) is 5.76. The Labute approximate surface area is 184 Å². The number of hydrogen-bond acceptors (Lipinski definition) is 8. The molecular weight excluding hydrogens is 414 g/mol. The molecule has 0 unspecified atom stereocenters. The number of rotatable bonds is 7. The number of nitrogens with zero attached hydrogens (tertiary/aromatic N) is 4. The summed E-state index contributed by atoms with van der Waals surface area (Å²) in [5.74, 6) is -0.332. The molecule has 0 radical (unpaired) electrons. The van der Waals surface area contributed by atoms with Crippen LogP contribution in [0.3, 0.4) is 0 Å². The van der Waals surface area contributed by atoms with Gasteiger partial charge in [0.1, 0.15) is 18.0 Å². The molecule has 0 saturated carbocycles.